The van der Waals surface area contributed by atoms with E-state index >= 15 is 0 Å². The quantitative estimate of drug-likeness (QED) is 0.675. The predicted molar refractivity (Wildman–Crippen MR) is 109 cm³/mol. The van der Waals surface area contributed by atoms with E-state index in [9.17, 15) is 18.0 Å². The Morgan fingerprint density at radius 2 is 1.97 bits per heavy atom. The number of rotatable bonds is 7. The van der Waals surface area contributed by atoms with E-state index in [0.29, 0.717) is 18.8 Å². The van der Waals surface area contributed by atoms with Crippen molar-refractivity contribution in [2.45, 2.75) is 25.9 Å². The number of nitrogens with one attached hydrogen (secondary N) is 1. The molecule has 2 fully saturated rings. The molecule has 8 nitrogen and oxygen atoms in total. The van der Waals surface area contributed by atoms with Gasteiger partial charge in [-0.15, -0.1) is 0 Å². The number of amides is 1. The zero-order valence-corrected chi connectivity index (χ0v) is 17.2. The molecule has 1 heterocycles. The molecule has 2 aliphatic rings. The van der Waals surface area contributed by atoms with Gasteiger partial charge in [-0.1, -0.05) is 36.4 Å². The summed E-state index contributed by atoms with van der Waals surface area (Å²) >= 11 is 0. The lowest BCUT2D eigenvalue weighted by Crippen LogP contribution is -2.29. The number of benzene rings is 2. The first-order valence-electron chi connectivity index (χ1n) is 9.69. The molecule has 1 N–H and O–H groups in total. The van der Waals surface area contributed by atoms with Crippen LogP contribution in [0.1, 0.15) is 30.4 Å². The third-order valence-electron chi connectivity index (χ3n) is 5.12. The third-order valence-corrected chi connectivity index (χ3v) is 6.51. The summed E-state index contributed by atoms with van der Waals surface area (Å²) < 4.78 is 38.7. The molecule has 2 aromatic carbocycles. The lowest BCUT2D eigenvalue weighted by molar-refractivity contribution is -0.144. The van der Waals surface area contributed by atoms with Crippen molar-refractivity contribution >= 4 is 27.8 Å². The molecule has 0 spiro atoms. The first kappa shape index (κ1) is 20.2. The van der Waals surface area contributed by atoms with Crippen LogP contribution in [0.3, 0.4) is 0 Å². The summed E-state index contributed by atoms with van der Waals surface area (Å²) in [6, 6.07) is 14.6. The summed E-state index contributed by atoms with van der Waals surface area (Å²) in [4.78, 5) is 23.7. The van der Waals surface area contributed by atoms with Crippen molar-refractivity contribution in [1.29, 1.82) is 0 Å². The van der Waals surface area contributed by atoms with Gasteiger partial charge < -0.3 is 9.47 Å². The molecule has 1 aliphatic heterocycles. The molecule has 0 bridgehead atoms. The summed E-state index contributed by atoms with van der Waals surface area (Å²) in [5, 5.41) is 0. The highest BCUT2D eigenvalue weighted by atomic mass is 32.2. The molecule has 2 aromatic rings. The normalized spacial score (nSPS) is 21.8. The van der Waals surface area contributed by atoms with Gasteiger partial charge in [0.2, 0.25) is 0 Å². The van der Waals surface area contributed by atoms with Gasteiger partial charge in [-0.05, 0) is 42.5 Å². The predicted octanol–water partition coefficient (Wildman–Crippen LogP) is 2.11. The molecule has 4 rings (SSSR count). The van der Waals surface area contributed by atoms with Crippen molar-refractivity contribution in [3.63, 3.8) is 0 Å². The fourth-order valence-electron chi connectivity index (χ4n) is 3.55. The van der Waals surface area contributed by atoms with Crippen LogP contribution < -0.4 is 13.8 Å². The first-order chi connectivity index (χ1) is 14.4. The van der Waals surface area contributed by atoms with Crippen LogP contribution in [0.5, 0.6) is 5.75 Å². The molecule has 30 heavy (non-hydrogen) atoms. The van der Waals surface area contributed by atoms with E-state index < -0.39 is 16.1 Å². The summed E-state index contributed by atoms with van der Waals surface area (Å²) in [5.74, 6) is -0.678. The average molecular weight is 430 g/mol. The van der Waals surface area contributed by atoms with Gasteiger partial charge in [0.25, 0.3) is 5.91 Å². The second-order valence-corrected chi connectivity index (χ2v) is 8.83. The molecule has 1 amide bonds. The van der Waals surface area contributed by atoms with Crippen molar-refractivity contribution in [1.82, 2.24) is 4.72 Å². The molecular weight excluding hydrogens is 408 g/mol. The number of esters is 1. The van der Waals surface area contributed by atoms with Gasteiger partial charge in [0, 0.05) is 0 Å². The third kappa shape index (κ3) is 4.11. The number of carbonyl (C=O) groups excluding carboxylic acids is 2. The van der Waals surface area contributed by atoms with Crippen LogP contribution >= 0.6 is 0 Å². The Hall–Kier alpha value is -3.07. The molecule has 1 aliphatic carbocycles. The van der Waals surface area contributed by atoms with Crippen LogP contribution in [-0.4, -0.2) is 33.4 Å². The number of anilines is 1. The highest BCUT2D eigenvalue weighted by Crippen LogP contribution is 2.50. The molecule has 0 aromatic heterocycles. The highest BCUT2D eigenvalue weighted by Gasteiger charge is 2.45. The molecular formula is C21H22N2O6S. The van der Waals surface area contributed by atoms with Gasteiger partial charge in [-0.2, -0.15) is 8.42 Å². The Kier molecular flexibility index (Phi) is 5.38. The van der Waals surface area contributed by atoms with Gasteiger partial charge >= 0.3 is 16.2 Å². The van der Waals surface area contributed by atoms with Crippen LogP contribution in [0.15, 0.2) is 48.5 Å². The zero-order valence-electron chi connectivity index (χ0n) is 16.4. The monoisotopic (exact) mass is 430 g/mol. The van der Waals surface area contributed by atoms with Gasteiger partial charge in [0.15, 0.2) is 0 Å². The van der Waals surface area contributed by atoms with E-state index in [-0.39, 0.29) is 36.6 Å². The first-order valence-corrected chi connectivity index (χ1v) is 11.1. The van der Waals surface area contributed by atoms with Gasteiger partial charge in [-0.3, -0.25) is 9.59 Å². The molecule has 9 heteroatoms. The van der Waals surface area contributed by atoms with E-state index in [2.05, 4.69) is 0 Å². The highest BCUT2D eigenvalue weighted by molar-refractivity contribution is 7.92. The minimum atomic E-state index is -3.96. The van der Waals surface area contributed by atoms with Crippen LogP contribution in [-0.2, 0) is 31.1 Å². The van der Waals surface area contributed by atoms with Crippen molar-refractivity contribution in [3.05, 3.63) is 59.7 Å². The van der Waals surface area contributed by atoms with Crippen LogP contribution in [0, 0.1) is 5.92 Å². The maximum atomic E-state index is 12.3. The summed E-state index contributed by atoms with van der Waals surface area (Å²) in [6.45, 7) is 2.03. The topological polar surface area (TPSA) is 102 Å². The molecule has 2 unspecified atom stereocenters. The number of carbonyl (C=O) groups is 2. The summed E-state index contributed by atoms with van der Waals surface area (Å²) in [7, 11) is -3.96. The Balaban J connectivity index is 1.63. The van der Waals surface area contributed by atoms with Crippen molar-refractivity contribution in [2.24, 2.45) is 5.92 Å². The second kappa shape index (κ2) is 7.98. The standard InChI is InChI=1S/C21H22N2O6S/c1-2-28-21(25)17-11-16(17)15-8-9-18(23-12-20(24)22-30(23,26)27)19(10-15)29-13-14-6-4-3-5-7-14/h3-10,16-17H,2,11-13H2,1H3,(H,22,24). The number of nitrogens with zero attached hydrogens (tertiary/aromatic N) is 1. The summed E-state index contributed by atoms with van der Waals surface area (Å²) in [5.41, 5.74) is 2.07. The Labute approximate surface area is 175 Å². The largest absolute Gasteiger partial charge is 0.487 e. The average Bonchev–Trinajstić information content (AvgIpc) is 3.47. The Bertz CT molecular complexity index is 1070. The van der Waals surface area contributed by atoms with Crippen LogP contribution in [0.4, 0.5) is 5.69 Å². The van der Waals surface area contributed by atoms with Gasteiger partial charge in [-0.25, -0.2) is 9.03 Å². The van der Waals surface area contributed by atoms with Crippen molar-refractivity contribution in [2.75, 3.05) is 17.5 Å². The van der Waals surface area contributed by atoms with Crippen LogP contribution in [0.2, 0.25) is 0 Å². The zero-order chi connectivity index (χ0) is 21.3. The molecule has 1 saturated carbocycles. The lowest BCUT2D eigenvalue weighted by Gasteiger charge is -2.20. The molecule has 158 valence electrons. The maximum Gasteiger partial charge on any atom is 0.326 e. The van der Waals surface area contributed by atoms with Crippen molar-refractivity contribution in [3.8, 4) is 5.75 Å². The molecule has 1 saturated heterocycles. The molecule has 2 atom stereocenters. The minimum absolute atomic E-state index is 0.00659. The van der Waals surface area contributed by atoms with E-state index in [1.165, 1.54) is 0 Å². The molecule has 0 radical (unpaired) electrons. The maximum absolute atomic E-state index is 12.3. The smallest absolute Gasteiger partial charge is 0.326 e. The number of ether oxygens (including phenoxy) is 2. The minimum Gasteiger partial charge on any atom is -0.487 e. The Morgan fingerprint density at radius 3 is 2.63 bits per heavy atom. The Morgan fingerprint density at radius 1 is 1.20 bits per heavy atom. The fourth-order valence-corrected chi connectivity index (χ4v) is 4.71. The summed E-state index contributed by atoms with van der Waals surface area (Å²) in [6.07, 6.45) is 0.679. The van der Waals surface area contributed by atoms with Crippen molar-refractivity contribution < 1.29 is 27.5 Å². The van der Waals surface area contributed by atoms with Gasteiger partial charge in [0.1, 0.15) is 18.9 Å². The SMILES string of the molecule is CCOC(=O)C1CC1c1ccc(N2CC(=O)NS2(=O)=O)c(OCc2ccccc2)c1. The van der Waals surface area contributed by atoms with E-state index in [4.69, 9.17) is 9.47 Å². The van der Waals surface area contributed by atoms with Crippen LogP contribution in [0.25, 0.3) is 0 Å². The van der Waals surface area contributed by atoms with Gasteiger partial charge in [0.05, 0.1) is 18.2 Å². The number of hydrogen-bond donors (Lipinski definition) is 1. The second-order valence-electron chi connectivity index (χ2n) is 7.24. The van der Waals surface area contributed by atoms with E-state index in [1.807, 2.05) is 35.1 Å². The number of hydrogen-bond acceptors (Lipinski definition) is 6. The van der Waals surface area contributed by atoms with E-state index in [0.717, 1.165) is 15.4 Å². The lowest BCUT2D eigenvalue weighted by atomic mass is 10.1. The van der Waals surface area contributed by atoms with E-state index in [1.54, 1.807) is 25.1 Å². The fraction of sp³-hybridized carbons (Fsp3) is 0.333.